The van der Waals surface area contributed by atoms with Crippen LogP contribution in [0.4, 0.5) is 10.5 Å². The van der Waals surface area contributed by atoms with Crippen LogP contribution in [0.15, 0.2) is 64.6 Å². The fourth-order valence-corrected chi connectivity index (χ4v) is 3.58. The zero-order valence-electron chi connectivity index (χ0n) is 17.7. The molecule has 10 heteroatoms. The zero-order valence-corrected chi connectivity index (χ0v) is 18.5. The number of benzene rings is 2. The molecule has 0 radical (unpaired) electrons. The smallest absolute Gasteiger partial charge is 0.337 e. The molecular formula is C24H17ClN2O7. The molecule has 0 aliphatic carbocycles. The highest BCUT2D eigenvalue weighted by molar-refractivity contribution is 6.39. The number of carboxylic acid groups (broad SMARTS) is 1. The number of nitrogens with one attached hydrogen (secondary N) is 1. The molecular weight excluding hydrogens is 464 g/mol. The summed E-state index contributed by atoms with van der Waals surface area (Å²) in [5.74, 6) is -1.74. The number of barbiturate groups is 1. The highest BCUT2D eigenvalue weighted by atomic mass is 35.5. The number of aromatic carboxylic acids is 1. The molecule has 4 rings (SSSR count). The molecule has 1 aromatic heterocycles. The minimum absolute atomic E-state index is 0.0349. The maximum absolute atomic E-state index is 13.0. The Balaban J connectivity index is 1.62. The van der Waals surface area contributed by atoms with Gasteiger partial charge in [0.1, 0.15) is 22.8 Å². The van der Waals surface area contributed by atoms with Crippen LogP contribution in [0.1, 0.15) is 23.0 Å². The molecule has 0 bridgehead atoms. The molecule has 1 fully saturated rings. The quantitative estimate of drug-likeness (QED) is 0.396. The molecule has 0 spiro atoms. The summed E-state index contributed by atoms with van der Waals surface area (Å²) in [7, 11) is 0. The van der Waals surface area contributed by atoms with Gasteiger partial charge in [-0.2, -0.15) is 0 Å². The van der Waals surface area contributed by atoms with Crippen molar-refractivity contribution in [2.24, 2.45) is 0 Å². The lowest BCUT2D eigenvalue weighted by Crippen LogP contribution is -2.54. The second-order valence-corrected chi connectivity index (χ2v) is 7.49. The number of nitrogens with zero attached hydrogens (tertiary/aromatic N) is 1. The van der Waals surface area contributed by atoms with Crippen LogP contribution in [-0.2, 0) is 9.59 Å². The van der Waals surface area contributed by atoms with Crippen molar-refractivity contribution in [1.82, 2.24) is 5.32 Å². The number of carbonyl (C=O) groups excluding carboxylic acids is 3. The molecule has 2 N–H and O–H groups in total. The number of hydrogen-bond donors (Lipinski definition) is 2. The van der Waals surface area contributed by atoms with E-state index in [2.05, 4.69) is 5.32 Å². The predicted octanol–water partition coefficient (Wildman–Crippen LogP) is 4.36. The Hall–Kier alpha value is -4.37. The lowest BCUT2D eigenvalue weighted by Gasteiger charge is -2.26. The second kappa shape index (κ2) is 9.24. The molecule has 4 amide bonds. The zero-order chi connectivity index (χ0) is 24.4. The van der Waals surface area contributed by atoms with Crippen molar-refractivity contribution in [2.75, 3.05) is 11.5 Å². The molecule has 34 heavy (non-hydrogen) atoms. The second-order valence-electron chi connectivity index (χ2n) is 7.09. The highest BCUT2D eigenvalue weighted by Gasteiger charge is 2.37. The normalized spacial score (nSPS) is 14.9. The number of hydrogen-bond acceptors (Lipinski definition) is 6. The van der Waals surface area contributed by atoms with Gasteiger partial charge in [0.15, 0.2) is 0 Å². The van der Waals surface area contributed by atoms with Crippen LogP contribution in [-0.4, -0.2) is 35.5 Å². The number of halogens is 1. The third-order valence-electron chi connectivity index (χ3n) is 4.90. The molecule has 172 valence electrons. The minimum Gasteiger partial charge on any atom is -0.494 e. The van der Waals surface area contributed by atoms with E-state index in [1.54, 1.807) is 18.2 Å². The van der Waals surface area contributed by atoms with Crippen LogP contribution >= 0.6 is 11.6 Å². The average molecular weight is 481 g/mol. The molecule has 0 saturated carbocycles. The average Bonchev–Trinajstić information content (AvgIpc) is 3.26. The van der Waals surface area contributed by atoms with Gasteiger partial charge in [0.2, 0.25) is 0 Å². The van der Waals surface area contributed by atoms with Gasteiger partial charge in [0.25, 0.3) is 11.8 Å². The first-order chi connectivity index (χ1) is 16.3. The first-order valence-electron chi connectivity index (χ1n) is 10.1. The molecule has 2 aromatic carbocycles. The van der Waals surface area contributed by atoms with Gasteiger partial charge >= 0.3 is 12.0 Å². The SMILES string of the molecule is CCOc1ccc(N2C(=O)NC(=O)/C(=C\c3ccc(-c4ccc(C(=O)O)c(Cl)c4)o3)C2=O)cc1. The van der Waals surface area contributed by atoms with E-state index >= 15 is 0 Å². The van der Waals surface area contributed by atoms with Gasteiger partial charge in [-0.1, -0.05) is 17.7 Å². The van der Waals surface area contributed by atoms with Crippen LogP contribution in [0, 0.1) is 0 Å². The Bertz CT molecular complexity index is 1340. The maximum Gasteiger partial charge on any atom is 0.337 e. The van der Waals surface area contributed by atoms with Crippen molar-refractivity contribution >= 4 is 47.2 Å². The van der Waals surface area contributed by atoms with Gasteiger partial charge < -0.3 is 14.3 Å². The van der Waals surface area contributed by atoms with Crippen molar-refractivity contribution in [2.45, 2.75) is 6.92 Å². The summed E-state index contributed by atoms with van der Waals surface area (Å²) in [6, 6.07) is 12.8. The maximum atomic E-state index is 13.0. The van der Waals surface area contributed by atoms with Gasteiger partial charge in [0, 0.05) is 5.56 Å². The number of amides is 4. The van der Waals surface area contributed by atoms with Crippen molar-refractivity contribution in [3.8, 4) is 17.1 Å². The van der Waals surface area contributed by atoms with E-state index in [9.17, 15) is 19.2 Å². The molecule has 1 aliphatic heterocycles. The van der Waals surface area contributed by atoms with Crippen molar-refractivity contribution in [1.29, 1.82) is 0 Å². The van der Waals surface area contributed by atoms with Crippen molar-refractivity contribution < 1.29 is 33.4 Å². The lowest BCUT2D eigenvalue weighted by atomic mass is 10.1. The van der Waals surface area contributed by atoms with E-state index in [0.29, 0.717) is 23.7 Å². The number of imide groups is 2. The van der Waals surface area contributed by atoms with E-state index in [1.165, 1.54) is 42.5 Å². The van der Waals surface area contributed by atoms with E-state index in [4.69, 9.17) is 25.9 Å². The number of rotatable bonds is 6. The first kappa shape index (κ1) is 22.8. The van der Waals surface area contributed by atoms with Gasteiger partial charge in [-0.05, 0) is 61.5 Å². The lowest BCUT2D eigenvalue weighted by molar-refractivity contribution is -0.122. The number of anilines is 1. The Labute approximate surface area is 198 Å². The van der Waals surface area contributed by atoms with E-state index < -0.39 is 23.8 Å². The first-order valence-corrected chi connectivity index (χ1v) is 10.4. The van der Waals surface area contributed by atoms with Crippen LogP contribution in [0.5, 0.6) is 5.75 Å². The Kier molecular flexibility index (Phi) is 6.20. The third-order valence-corrected chi connectivity index (χ3v) is 5.22. The largest absolute Gasteiger partial charge is 0.494 e. The molecule has 3 aromatic rings. The number of urea groups is 1. The topological polar surface area (TPSA) is 126 Å². The molecule has 0 atom stereocenters. The van der Waals surface area contributed by atoms with E-state index in [1.807, 2.05) is 6.92 Å². The van der Waals surface area contributed by atoms with Crippen LogP contribution in [0.25, 0.3) is 17.4 Å². The number of furan rings is 1. The standard InChI is InChI=1S/C24H17ClN2O7/c1-2-33-15-6-4-14(5-7-15)27-22(29)18(21(28)26-24(27)32)12-16-8-10-20(34-16)13-3-9-17(23(30)31)19(25)11-13/h3-12H,2H2,1H3,(H,30,31)(H,26,28,32)/b18-12+. The van der Waals surface area contributed by atoms with Crippen LogP contribution < -0.4 is 15.0 Å². The van der Waals surface area contributed by atoms with Gasteiger partial charge in [-0.15, -0.1) is 0 Å². The summed E-state index contributed by atoms with van der Waals surface area (Å²) in [4.78, 5) is 49.7. The summed E-state index contributed by atoms with van der Waals surface area (Å²) in [6.07, 6.45) is 1.22. The Morgan fingerprint density at radius 2 is 1.85 bits per heavy atom. The van der Waals surface area contributed by atoms with Crippen LogP contribution in [0.2, 0.25) is 5.02 Å². The molecule has 2 heterocycles. The summed E-state index contributed by atoms with van der Waals surface area (Å²) in [5.41, 5.74) is 0.416. The highest BCUT2D eigenvalue weighted by Crippen LogP contribution is 2.29. The Morgan fingerprint density at radius 1 is 1.12 bits per heavy atom. The summed E-state index contributed by atoms with van der Waals surface area (Å²) in [5, 5.41) is 11.3. The Morgan fingerprint density at radius 3 is 2.50 bits per heavy atom. The fraction of sp³-hybridized carbons (Fsp3) is 0.0833. The van der Waals surface area contributed by atoms with Gasteiger partial charge in [-0.25, -0.2) is 14.5 Å². The van der Waals surface area contributed by atoms with E-state index in [-0.39, 0.29) is 27.6 Å². The van der Waals surface area contributed by atoms with E-state index in [0.717, 1.165) is 4.90 Å². The third kappa shape index (κ3) is 4.41. The molecule has 0 unspecified atom stereocenters. The predicted molar refractivity (Wildman–Crippen MR) is 123 cm³/mol. The minimum atomic E-state index is -1.16. The summed E-state index contributed by atoms with van der Waals surface area (Å²) in [6.45, 7) is 2.29. The summed E-state index contributed by atoms with van der Waals surface area (Å²) >= 11 is 6.01. The van der Waals surface area contributed by atoms with Gasteiger partial charge in [0.05, 0.1) is 22.9 Å². The molecule has 1 aliphatic rings. The van der Waals surface area contributed by atoms with Crippen molar-refractivity contribution in [3.05, 3.63) is 76.5 Å². The number of ether oxygens (including phenoxy) is 1. The molecule has 9 nitrogen and oxygen atoms in total. The fourth-order valence-electron chi connectivity index (χ4n) is 3.32. The number of carboxylic acids is 1. The van der Waals surface area contributed by atoms with Crippen LogP contribution in [0.3, 0.4) is 0 Å². The molecule has 1 saturated heterocycles. The van der Waals surface area contributed by atoms with Gasteiger partial charge in [-0.3, -0.25) is 14.9 Å². The summed E-state index contributed by atoms with van der Waals surface area (Å²) < 4.78 is 11.1. The van der Waals surface area contributed by atoms with Crippen molar-refractivity contribution in [3.63, 3.8) is 0 Å². The monoisotopic (exact) mass is 480 g/mol. The number of carbonyl (C=O) groups is 4.